The number of amidine groups is 1. The summed E-state index contributed by atoms with van der Waals surface area (Å²) in [5.74, 6) is 0.227. The minimum Gasteiger partial charge on any atom is -0.504 e. The molecule has 0 saturated carbocycles. The van der Waals surface area contributed by atoms with Crippen molar-refractivity contribution in [3.8, 4) is 11.5 Å². The fourth-order valence-corrected chi connectivity index (χ4v) is 1.35. The van der Waals surface area contributed by atoms with Crippen LogP contribution in [0.5, 0.6) is 11.5 Å². The zero-order chi connectivity index (χ0) is 10.7. The van der Waals surface area contributed by atoms with Crippen LogP contribution in [0.25, 0.3) is 0 Å². The second kappa shape index (κ2) is 4.19. The second-order valence-corrected chi connectivity index (χ2v) is 3.25. The number of hydrogen-bond donors (Lipinski definition) is 3. The van der Waals surface area contributed by atoms with Crippen molar-refractivity contribution in [2.45, 2.75) is 6.42 Å². The van der Waals surface area contributed by atoms with Gasteiger partial charge in [-0.05, 0) is 6.07 Å². The number of phenolic OH excluding ortho intramolecular Hbond substituents is 1. The molecule has 1 rings (SSSR count). The third kappa shape index (κ3) is 2.29. The molecule has 0 aliphatic heterocycles. The number of nitrogens with one attached hydrogen (secondary N) is 1. The van der Waals surface area contributed by atoms with Gasteiger partial charge in [-0.15, -0.1) is 0 Å². The molecule has 0 aromatic heterocycles. The van der Waals surface area contributed by atoms with Crippen LogP contribution in [-0.2, 0) is 6.42 Å². The maximum atomic E-state index is 9.63. The van der Waals surface area contributed by atoms with Crippen molar-refractivity contribution in [2.75, 3.05) is 7.11 Å². The molecule has 0 atom stereocenters. The normalized spacial score (nSPS) is 9.86. The first-order chi connectivity index (χ1) is 6.54. The van der Waals surface area contributed by atoms with Gasteiger partial charge in [0.15, 0.2) is 11.5 Å². The standard InChI is InChI=1S/C9H11ClN2O2/c1-14-7-4-6(10)2-5(9(7)13)3-8(11)12/h2,4,13H,3H2,1H3,(H3,11,12). The van der Waals surface area contributed by atoms with Crippen LogP contribution in [0.1, 0.15) is 5.56 Å². The van der Waals surface area contributed by atoms with Crippen LogP contribution in [0.4, 0.5) is 0 Å². The van der Waals surface area contributed by atoms with E-state index in [9.17, 15) is 5.11 Å². The fourth-order valence-electron chi connectivity index (χ4n) is 1.12. The molecule has 0 saturated heterocycles. The van der Waals surface area contributed by atoms with Crippen LogP contribution >= 0.6 is 11.6 Å². The van der Waals surface area contributed by atoms with Crippen molar-refractivity contribution >= 4 is 17.4 Å². The molecule has 5 heteroatoms. The Labute approximate surface area is 86.8 Å². The highest BCUT2D eigenvalue weighted by molar-refractivity contribution is 6.30. The molecule has 0 heterocycles. The summed E-state index contributed by atoms with van der Waals surface area (Å²) in [6.45, 7) is 0. The van der Waals surface area contributed by atoms with E-state index in [2.05, 4.69) is 0 Å². The van der Waals surface area contributed by atoms with Gasteiger partial charge < -0.3 is 15.6 Å². The minimum absolute atomic E-state index is 0.0212. The molecule has 4 N–H and O–H groups in total. The highest BCUT2D eigenvalue weighted by Crippen LogP contribution is 2.33. The Morgan fingerprint density at radius 2 is 2.29 bits per heavy atom. The highest BCUT2D eigenvalue weighted by atomic mass is 35.5. The summed E-state index contributed by atoms with van der Waals surface area (Å²) in [6, 6.07) is 3.06. The van der Waals surface area contributed by atoms with Crippen molar-refractivity contribution in [3.63, 3.8) is 0 Å². The summed E-state index contributed by atoms with van der Waals surface area (Å²) in [5.41, 5.74) is 5.71. The van der Waals surface area contributed by atoms with Gasteiger partial charge >= 0.3 is 0 Å². The van der Waals surface area contributed by atoms with Crippen LogP contribution in [0.2, 0.25) is 5.02 Å². The smallest absolute Gasteiger partial charge is 0.162 e. The van der Waals surface area contributed by atoms with E-state index < -0.39 is 0 Å². The summed E-state index contributed by atoms with van der Waals surface area (Å²) < 4.78 is 4.90. The lowest BCUT2D eigenvalue weighted by molar-refractivity contribution is 0.371. The van der Waals surface area contributed by atoms with Crippen molar-refractivity contribution in [1.82, 2.24) is 0 Å². The van der Waals surface area contributed by atoms with Gasteiger partial charge in [-0.25, -0.2) is 0 Å². The summed E-state index contributed by atoms with van der Waals surface area (Å²) in [7, 11) is 1.43. The number of rotatable bonds is 3. The zero-order valence-electron chi connectivity index (χ0n) is 7.67. The number of methoxy groups -OCH3 is 1. The van der Waals surface area contributed by atoms with E-state index in [1.54, 1.807) is 6.07 Å². The molecule has 0 aliphatic carbocycles. The number of ether oxygens (including phenoxy) is 1. The predicted octanol–water partition coefficient (Wildman–Crippen LogP) is 1.53. The van der Waals surface area contributed by atoms with Crippen molar-refractivity contribution in [3.05, 3.63) is 22.7 Å². The van der Waals surface area contributed by atoms with Crippen LogP contribution in [0.3, 0.4) is 0 Å². The second-order valence-electron chi connectivity index (χ2n) is 2.82. The van der Waals surface area contributed by atoms with E-state index in [1.807, 2.05) is 0 Å². The predicted molar refractivity (Wildman–Crippen MR) is 55.3 cm³/mol. The third-order valence-corrected chi connectivity index (χ3v) is 1.94. The molecule has 1 aromatic carbocycles. The molecule has 76 valence electrons. The number of nitrogens with two attached hydrogens (primary N) is 1. The van der Waals surface area contributed by atoms with E-state index in [1.165, 1.54) is 13.2 Å². The van der Waals surface area contributed by atoms with Crippen LogP contribution < -0.4 is 10.5 Å². The van der Waals surface area contributed by atoms with Gasteiger partial charge in [-0.2, -0.15) is 0 Å². The number of aromatic hydroxyl groups is 1. The molecule has 0 bridgehead atoms. The van der Waals surface area contributed by atoms with Gasteiger partial charge in [0.2, 0.25) is 0 Å². The van der Waals surface area contributed by atoms with Gasteiger partial charge in [0.05, 0.1) is 12.9 Å². The largest absolute Gasteiger partial charge is 0.504 e. The molecule has 0 aliphatic rings. The lowest BCUT2D eigenvalue weighted by Crippen LogP contribution is -2.12. The maximum Gasteiger partial charge on any atom is 0.162 e. The van der Waals surface area contributed by atoms with Gasteiger partial charge in [0.1, 0.15) is 0 Å². The van der Waals surface area contributed by atoms with Crippen LogP contribution in [0.15, 0.2) is 12.1 Å². The number of benzene rings is 1. The van der Waals surface area contributed by atoms with Gasteiger partial charge in [-0.3, -0.25) is 5.41 Å². The summed E-state index contributed by atoms with van der Waals surface area (Å²) in [4.78, 5) is 0. The van der Waals surface area contributed by atoms with E-state index in [-0.39, 0.29) is 23.8 Å². The Hall–Kier alpha value is -1.42. The number of phenols is 1. The lowest BCUT2D eigenvalue weighted by atomic mass is 10.1. The Morgan fingerprint density at radius 3 is 2.79 bits per heavy atom. The Morgan fingerprint density at radius 1 is 1.64 bits per heavy atom. The van der Waals surface area contributed by atoms with E-state index in [0.717, 1.165) is 0 Å². The fraction of sp³-hybridized carbons (Fsp3) is 0.222. The molecule has 0 unspecified atom stereocenters. The molecule has 14 heavy (non-hydrogen) atoms. The zero-order valence-corrected chi connectivity index (χ0v) is 8.43. The third-order valence-electron chi connectivity index (χ3n) is 1.72. The average molecular weight is 215 g/mol. The van der Waals surface area contributed by atoms with E-state index >= 15 is 0 Å². The number of halogens is 1. The maximum absolute atomic E-state index is 9.63. The van der Waals surface area contributed by atoms with Crippen LogP contribution in [-0.4, -0.2) is 18.1 Å². The first-order valence-electron chi connectivity index (χ1n) is 3.93. The van der Waals surface area contributed by atoms with Crippen molar-refractivity contribution in [1.29, 1.82) is 5.41 Å². The molecule has 0 spiro atoms. The van der Waals surface area contributed by atoms with Gasteiger partial charge in [-0.1, -0.05) is 11.6 Å². The first-order valence-corrected chi connectivity index (χ1v) is 4.30. The van der Waals surface area contributed by atoms with Gasteiger partial charge in [0.25, 0.3) is 0 Å². The minimum atomic E-state index is -0.0374. The molecule has 0 fully saturated rings. The van der Waals surface area contributed by atoms with Gasteiger partial charge in [0, 0.05) is 23.1 Å². The Balaban J connectivity index is 3.15. The Kier molecular flexibility index (Phi) is 3.19. The summed E-state index contributed by atoms with van der Waals surface area (Å²) in [5, 5.41) is 17.2. The summed E-state index contributed by atoms with van der Waals surface area (Å²) >= 11 is 5.78. The van der Waals surface area contributed by atoms with Crippen molar-refractivity contribution < 1.29 is 9.84 Å². The van der Waals surface area contributed by atoms with E-state index in [4.69, 9.17) is 27.5 Å². The molecule has 0 radical (unpaired) electrons. The molecular weight excluding hydrogens is 204 g/mol. The Bertz CT molecular complexity index is 366. The topological polar surface area (TPSA) is 79.3 Å². The average Bonchev–Trinajstić information content (AvgIpc) is 2.09. The molecular formula is C9H11ClN2O2. The summed E-state index contributed by atoms with van der Waals surface area (Å²) in [6.07, 6.45) is 0.156. The molecule has 4 nitrogen and oxygen atoms in total. The molecule has 0 amide bonds. The number of hydrogen-bond acceptors (Lipinski definition) is 3. The molecule has 1 aromatic rings. The van der Waals surface area contributed by atoms with E-state index in [0.29, 0.717) is 10.6 Å². The van der Waals surface area contributed by atoms with Crippen molar-refractivity contribution in [2.24, 2.45) is 5.73 Å². The first kappa shape index (κ1) is 10.7. The lowest BCUT2D eigenvalue weighted by Gasteiger charge is -2.08. The SMILES string of the molecule is COc1cc(Cl)cc(CC(=N)N)c1O. The highest BCUT2D eigenvalue weighted by Gasteiger charge is 2.10. The monoisotopic (exact) mass is 214 g/mol. The quantitative estimate of drug-likeness (QED) is 0.527. The van der Waals surface area contributed by atoms with Crippen LogP contribution in [0, 0.1) is 5.41 Å².